The minimum atomic E-state index is -0.309. The quantitative estimate of drug-likeness (QED) is 0.885. The van der Waals surface area contributed by atoms with Crippen molar-refractivity contribution < 1.29 is 14.4 Å². The van der Waals surface area contributed by atoms with E-state index >= 15 is 0 Å². The minimum absolute atomic E-state index is 0.179. The molecule has 3 rings (SSSR count). The molecule has 1 fully saturated rings. The van der Waals surface area contributed by atoms with Gasteiger partial charge in [0.05, 0.1) is 5.75 Å². The van der Waals surface area contributed by atoms with Crippen LogP contribution in [0.25, 0.3) is 10.6 Å². The van der Waals surface area contributed by atoms with Gasteiger partial charge >= 0.3 is 0 Å². The standard InChI is InChI=1S/C16H15N3O3S2/c1-10-2-4-11(5-3-10)15-18-12(8-23-15)14(21)17-6-7-19-13(20)9-24-16(19)22/h2-5,8H,6-7,9H2,1H3,(H,17,21). The first kappa shape index (κ1) is 16.7. The second-order valence-corrected chi connectivity index (χ2v) is 7.04. The number of hydrogen-bond donors (Lipinski definition) is 1. The van der Waals surface area contributed by atoms with Gasteiger partial charge < -0.3 is 5.32 Å². The average Bonchev–Trinajstić information content (AvgIpc) is 3.17. The smallest absolute Gasteiger partial charge is 0.288 e. The predicted molar refractivity (Wildman–Crippen MR) is 94.2 cm³/mol. The summed E-state index contributed by atoms with van der Waals surface area (Å²) in [6.45, 7) is 2.42. The van der Waals surface area contributed by atoms with Gasteiger partial charge in [-0.25, -0.2) is 4.98 Å². The Balaban J connectivity index is 1.57. The summed E-state index contributed by atoms with van der Waals surface area (Å²) in [4.78, 5) is 40.6. The van der Waals surface area contributed by atoms with E-state index in [9.17, 15) is 14.4 Å². The zero-order chi connectivity index (χ0) is 17.1. The molecule has 1 aromatic carbocycles. The number of thiazole rings is 1. The van der Waals surface area contributed by atoms with Gasteiger partial charge in [-0.05, 0) is 6.92 Å². The van der Waals surface area contributed by atoms with Crippen molar-refractivity contribution in [3.8, 4) is 10.6 Å². The molecule has 1 N–H and O–H groups in total. The third kappa shape index (κ3) is 3.65. The Hall–Kier alpha value is -2.19. The lowest BCUT2D eigenvalue weighted by Crippen LogP contribution is -2.37. The summed E-state index contributed by atoms with van der Waals surface area (Å²) in [7, 11) is 0. The highest BCUT2D eigenvalue weighted by molar-refractivity contribution is 8.14. The number of thioether (sulfide) groups is 1. The van der Waals surface area contributed by atoms with Crippen LogP contribution in [0.4, 0.5) is 4.79 Å². The molecule has 1 aliphatic heterocycles. The molecule has 0 unspecified atom stereocenters. The molecule has 2 heterocycles. The van der Waals surface area contributed by atoms with Gasteiger partial charge in [-0.15, -0.1) is 11.3 Å². The van der Waals surface area contributed by atoms with Gasteiger partial charge in [0, 0.05) is 24.0 Å². The highest BCUT2D eigenvalue weighted by atomic mass is 32.2. The number of carbonyl (C=O) groups excluding carboxylic acids is 3. The topological polar surface area (TPSA) is 79.4 Å². The first-order chi connectivity index (χ1) is 11.5. The number of nitrogens with zero attached hydrogens (tertiary/aromatic N) is 2. The second kappa shape index (κ2) is 7.14. The molecule has 0 aliphatic carbocycles. The number of hydrogen-bond acceptors (Lipinski definition) is 6. The summed E-state index contributed by atoms with van der Waals surface area (Å²) in [5.74, 6) is -0.343. The number of benzene rings is 1. The van der Waals surface area contributed by atoms with Gasteiger partial charge in [0.25, 0.3) is 11.1 Å². The van der Waals surface area contributed by atoms with Crippen LogP contribution < -0.4 is 5.32 Å². The molecule has 1 aromatic heterocycles. The molecule has 6 nitrogen and oxygen atoms in total. The Bertz CT molecular complexity index is 770. The summed E-state index contributed by atoms with van der Waals surface area (Å²) >= 11 is 2.39. The van der Waals surface area contributed by atoms with E-state index in [1.807, 2.05) is 31.2 Å². The van der Waals surface area contributed by atoms with Crippen molar-refractivity contribution in [1.29, 1.82) is 0 Å². The molecular formula is C16H15N3O3S2. The molecule has 0 spiro atoms. The van der Waals surface area contributed by atoms with Crippen molar-refractivity contribution >= 4 is 40.2 Å². The number of aromatic nitrogens is 1. The molecule has 124 valence electrons. The molecule has 0 bridgehead atoms. The molecule has 0 radical (unpaired) electrons. The summed E-state index contributed by atoms with van der Waals surface area (Å²) in [6.07, 6.45) is 0. The molecular weight excluding hydrogens is 346 g/mol. The largest absolute Gasteiger partial charge is 0.349 e. The fourth-order valence-corrected chi connectivity index (χ4v) is 3.73. The van der Waals surface area contributed by atoms with Crippen molar-refractivity contribution in [3.05, 3.63) is 40.9 Å². The van der Waals surface area contributed by atoms with E-state index in [-0.39, 0.29) is 35.9 Å². The van der Waals surface area contributed by atoms with Gasteiger partial charge in [-0.3, -0.25) is 19.3 Å². The maximum atomic E-state index is 12.1. The van der Waals surface area contributed by atoms with E-state index in [2.05, 4.69) is 10.3 Å². The first-order valence-corrected chi connectivity index (χ1v) is 9.19. The van der Waals surface area contributed by atoms with Gasteiger partial charge in [-0.1, -0.05) is 41.6 Å². The van der Waals surface area contributed by atoms with E-state index in [0.717, 1.165) is 32.8 Å². The lowest BCUT2D eigenvalue weighted by molar-refractivity contribution is -0.124. The summed E-state index contributed by atoms with van der Waals surface area (Å²) in [5.41, 5.74) is 2.47. The number of nitrogens with one attached hydrogen (secondary N) is 1. The van der Waals surface area contributed by atoms with Crippen molar-refractivity contribution in [2.75, 3.05) is 18.8 Å². The van der Waals surface area contributed by atoms with Crippen molar-refractivity contribution in [1.82, 2.24) is 15.2 Å². The zero-order valence-electron chi connectivity index (χ0n) is 12.9. The highest BCUT2D eigenvalue weighted by Gasteiger charge is 2.29. The average molecular weight is 361 g/mol. The van der Waals surface area contributed by atoms with Crippen LogP contribution in [-0.2, 0) is 4.79 Å². The fourth-order valence-electron chi connectivity index (χ4n) is 2.18. The second-order valence-electron chi connectivity index (χ2n) is 5.26. The Morgan fingerprint density at radius 3 is 2.71 bits per heavy atom. The van der Waals surface area contributed by atoms with Crippen molar-refractivity contribution in [2.24, 2.45) is 0 Å². The first-order valence-electron chi connectivity index (χ1n) is 7.32. The molecule has 24 heavy (non-hydrogen) atoms. The predicted octanol–water partition coefficient (Wildman–Crippen LogP) is 2.54. The fraction of sp³-hybridized carbons (Fsp3) is 0.250. The van der Waals surface area contributed by atoms with E-state index in [1.165, 1.54) is 11.3 Å². The molecule has 3 amide bonds. The van der Waals surface area contributed by atoms with Gasteiger partial charge in [0.2, 0.25) is 5.91 Å². The Morgan fingerprint density at radius 1 is 1.29 bits per heavy atom. The van der Waals surface area contributed by atoms with Crippen LogP contribution in [0.5, 0.6) is 0 Å². The number of amides is 3. The Morgan fingerprint density at radius 2 is 2.04 bits per heavy atom. The lowest BCUT2D eigenvalue weighted by Gasteiger charge is -2.12. The van der Waals surface area contributed by atoms with Gasteiger partial charge in [-0.2, -0.15) is 0 Å². The monoisotopic (exact) mass is 361 g/mol. The van der Waals surface area contributed by atoms with Crippen molar-refractivity contribution in [3.63, 3.8) is 0 Å². The molecule has 0 saturated carbocycles. The highest BCUT2D eigenvalue weighted by Crippen LogP contribution is 2.24. The minimum Gasteiger partial charge on any atom is -0.349 e. The molecule has 1 aliphatic rings. The zero-order valence-corrected chi connectivity index (χ0v) is 14.6. The summed E-state index contributed by atoms with van der Waals surface area (Å²) in [6, 6.07) is 7.94. The summed E-state index contributed by atoms with van der Waals surface area (Å²) < 4.78 is 0. The van der Waals surface area contributed by atoms with Crippen LogP contribution in [0.1, 0.15) is 16.1 Å². The molecule has 8 heteroatoms. The third-order valence-electron chi connectivity index (χ3n) is 3.50. The normalized spacial score (nSPS) is 14.3. The van der Waals surface area contributed by atoms with Crippen LogP contribution in [0.3, 0.4) is 0 Å². The van der Waals surface area contributed by atoms with Crippen LogP contribution in [-0.4, -0.2) is 45.8 Å². The molecule has 1 saturated heterocycles. The molecule has 0 atom stereocenters. The number of imide groups is 1. The third-order valence-corrected chi connectivity index (χ3v) is 5.25. The van der Waals surface area contributed by atoms with Crippen molar-refractivity contribution in [2.45, 2.75) is 6.92 Å². The number of aryl methyl sites for hydroxylation is 1. The van der Waals surface area contributed by atoms with E-state index in [0.29, 0.717) is 5.69 Å². The van der Waals surface area contributed by atoms with Crippen LogP contribution >= 0.6 is 23.1 Å². The van der Waals surface area contributed by atoms with E-state index in [4.69, 9.17) is 0 Å². The Kier molecular flexibility index (Phi) is 4.96. The maximum absolute atomic E-state index is 12.1. The Labute approximate surface area is 147 Å². The molecule has 2 aromatic rings. The van der Waals surface area contributed by atoms with E-state index < -0.39 is 0 Å². The van der Waals surface area contributed by atoms with Crippen LogP contribution in [0.15, 0.2) is 29.6 Å². The van der Waals surface area contributed by atoms with Crippen LogP contribution in [0, 0.1) is 6.92 Å². The van der Waals surface area contributed by atoms with Gasteiger partial charge in [0.1, 0.15) is 10.7 Å². The maximum Gasteiger partial charge on any atom is 0.288 e. The lowest BCUT2D eigenvalue weighted by atomic mass is 10.2. The SMILES string of the molecule is Cc1ccc(-c2nc(C(=O)NCCN3C(=O)CSC3=O)cs2)cc1. The van der Waals surface area contributed by atoms with E-state index in [1.54, 1.807) is 5.38 Å². The number of carbonyl (C=O) groups is 3. The van der Waals surface area contributed by atoms with Crippen LogP contribution in [0.2, 0.25) is 0 Å². The number of rotatable bonds is 5. The van der Waals surface area contributed by atoms with Gasteiger partial charge in [0.15, 0.2) is 0 Å². The summed E-state index contributed by atoms with van der Waals surface area (Å²) in [5, 5.41) is 4.91.